The third kappa shape index (κ3) is 2.16. The molecule has 1 saturated heterocycles. The molecule has 100 valence electrons. The predicted octanol–water partition coefficient (Wildman–Crippen LogP) is 1.79. The smallest absolute Gasteiger partial charge is 0.158 e. The molecular weight excluding hydrogens is 264 g/mol. The number of carbonyl (C=O) groups is 1. The van der Waals surface area contributed by atoms with E-state index in [1.54, 1.807) is 28.9 Å². The molecule has 2 aromatic rings. The highest BCUT2D eigenvalue weighted by Gasteiger charge is 2.32. The van der Waals surface area contributed by atoms with Crippen molar-refractivity contribution < 1.29 is 13.2 Å². The lowest BCUT2D eigenvalue weighted by Crippen LogP contribution is -2.21. The van der Waals surface area contributed by atoms with Gasteiger partial charge in [-0.05, 0) is 25.0 Å². The number of imidazole rings is 1. The fourth-order valence-electron chi connectivity index (χ4n) is 2.54. The van der Waals surface area contributed by atoms with E-state index in [1.165, 1.54) is 0 Å². The molecule has 0 bridgehead atoms. The summed E-state index contributed by atoms with van der Waals surface area (Å²) in [5.74, 6) is 0.241. The maximum Gasteiger partial charge on any atom is 0.158 e. The predicted molar refractivity (Wildman–Crippen MR) is 71.0 cm³/mol. The van der Waals surface area contributed by atoms with Gasteiger partial charge in [0.25, 0.3) is 0 Å². The van der Waals surface area contributed by atoms with Gasteiger partial charge in [-0.3, -0.25) is 4.79 Å². The molecule has 19 heavy (non-hydrogen) atoms. The van der Waals surface area contributed by atoms with Crippen molar-refractivity contribution in [2.45, 2.75) is 24.5 Å². The number of hydrogen-bond acceptors (Lipinski definition) is 4. The molecule has 6 heteroatoms. The lowest BCUT2D eigenvalue weighted by atomic mass is 10.1. The number of fused-ring (bicyclic) bond motifs is 1. The van der Waals surface area contributed by atoms with Gasteiger partial charge < -0.3 is 4.40 Å². The second-order valence-electron chi connectivity index (χ2n) is 4.86. The van der Waals surface area contributed by atoms with Crippen molar-refractivity contribution in [2.75, 3.05) is 5.75 Å². The van der Waals surface area contributed by atoms with Crippen LogP contribution in [-0.4, -0.2) is 29.8 Å². The van der Waals surface area contributed by atoms with Crippen LogP contribution >= 0.6 is 0 Å². The van der Waals surface area contributed by atoms with E-state index in [0.29, 0.717) is 23.3 Å². The summed E-state index contributed by atoms with van der Waals surface area (Å²) in [5.41, 5.74) is 1.80. The zero-order chi connectivity index (χ0) is 13.5. The Hall–Kier alpha value is -1.69. The van der Waals surface area contributed by atoms with Gasteiger partial charge in [0, 0.05) is 18.0 Å². The zero-order valence-electron chi connectivity index (χ0n) is 10.3. The van der Waals surface area contributed by atoms with Crippen LogP contribution in [0.25, 0.3) is 5.65 Å². The minimum Gasteiger partial charge on any atom is -0.306 e. The monoisotopic (exact) mass is 278 g/mol. The molecule has 0 saturated carbocycles. The molecule has 3 rings (SSSR count). The van der Waals surface area contributed by atoms with Gasteiger partial charge in [0.05, 0.1) is 11.4 Å². The highest BCUT2D eigenvalue weighted by atomic mass is 32.2. The molecule has 1 aliphatic heterocycles. The molecule has 1 unspecified atom stereocenters. The highest BCUT2D eigenvalue weighted by molar-refractivity contribution is 7.91. The summed E-state index contributed by atoms with van der Waals surface area (Å²) in [7, 11) is -3.09. The molecule has 3 heterocycles. The van der Waals surface area contributed by atoms with Crippen LogP contribution in [0.2, 0.25) is 0 Å². The summed E-state index contributed by atoms with van der Waals surface area (Å²) < 4.78 is 25.9. The van der Waals surface area contributed by atoms with E-state index in [4.69, 9.17) is 0 Å². The summed E-state index contributed by atoms with van der Waals surface area (Å²) in [6.45, 7) is 0. The van der Waals surface area contributed by atoms with Gasteiger partial charge in [-0.25, -0.2) is 13.4 Å². The Morgan fingerprint density at radius 3 is 2.84 bits per heavy atom. The van der Waals surface area contributed by atoms with Crippen molar-refractivity contribution in [3.05, 3.63) is 35.8 Å². The van der Waals surface area contributed by atoms with E-state index < -0.39 is 15.1 Å². The molecular formula is C13H14N2O3S. The second kappa shape index (κ2) is 4.45. The van der Waals surface area contributed by atoms with E-state index in [1.807, 2.05) is 0 Å². The van der Waals surface area contributed by atoms with Crippen molar-refractivity contribution >= 4 is 21.8 Å². The molecule has 0 aromatic carbocycles. The minimum absolute atomic E-state index is 0.241. The molecule has 5 nitrogen and oxygen atoms in total. The molecule has 2 aromatic heterocycles. The van der Waals surface area contributed by atoms with E-state index >= 15 is 0 Å². The van der Waals surface area contributed by atoms with Crippen LogP contribution in [0, 0.1) is 0 Å². The van der Waals surface area contributed by atoms with E-state index in [0.717, 1.165) is 19.1 Å². The second-order valence-corrected chi connectivity index (χ2v) is 7.17. The topological polar surface area (TPSA) is 68.5 Å². The number of aromatic nitrogens is 2. The van der Waals surface area contributed by atoms with Crippen LogP contribution in [0.5, 0.6) is 0 Å². The Morgan fingerprint density at radius 2 is 2.11 bits per heavy atom. The van der Waals surface area contributed by atoms with Crippen LogP contribution in [0.3, 0.4) is 0 Å². The van der Waals surface area contributed by atoms with Crippen molar-refractivity contribution in [1.82, 2.24) is 9.38 Å². The van der Waals surface area contributed by atoms with Gasteiger partial charge in [0.1, 0.15) is 10.9 Å². The van der Waals surface area contributed by atoms with Gasteiger partial charge in [0.2, 0.25) is 0 Å². The first-order chi connectivity index (χ1) is 9.10. The summed E-state index contributed by atoms with van der Waals surface area (Å²) in [5, 5.41) is -0.499. The lowest BCUT2D eigenvalue weighted by molar-refractivity contribution is 0.112. The Bertz CT molecular complexity index is 733. The van der Waals surface area contributed by atoms with Gasteiger partial charge in [0.15, 0.2) is 16.1 Å². The first kappa shape index (κ1) is 12.3. The Morgan fingerprint density at radius 1 is 1.26 bits per heavy atom. The van der Waals surface area contributed by atoms with Crippen molar-refractivity contribution in [1.29, 1.82) is 0 Å². The largest absolute Gasteiger partial charge is 0.306 e. The average molecular weight is 278 g/mol. The molecule has 1 aliphatic rings. The molecule has 0 N–H and O–H groups in total. The molecule has 1 atom stereocenters. The summed E-state index contributed by atoms with van der Waals surface area (Å²) in [6, 6.07) is 3.40. The first-order valence-corrected chi connectivity index (χ1v) is 7.97. The van der Waals surface area contributed by atoms with Crippen LogP contribution in [-0.2, 0) is 9.84 Å². The highest BCUT2D eigenvalue weighted by Crippen LogP contribution is 2.32. The Labute approximate surface area is 111 Å². The van der Waals surface area contributed by atoms with Gasteiger partial charge >= 0.3 is 0 Å². The number of hydrogen-bond donors (Lipinski definition) is 0. The van der Waals surface area contributed by atoms with Crippen LogP contribution in [0.15, 0.2) is 24.5 Å². The van der Waals surface area contributed by atoms with E-state index in [2.05, 4.69) is 4.98 Å². The van der Waals surface area contributed by atoms with Crippen LogP contribution < -0.4 is 0 Å². The summed E-state index contributed by atoms with van der Waals surface area (Å²) in [6.07, 6.45) is 6.42. The van der Waals surface area contributed by atoms with E-state index in [-0.39, 0.29) is 5.75 Å². The third-order valence-corrected chi connectivity index (χ3v) is 5.74. The first-order valence-electron chi connectivity index (χ1n) is 6.25. The fourth-order valence-corrected chi connectivity index (χ4v) is 4.44. The molecule has 0 amide bonds. The SMILES string of the molecule is O=Cc1ccc2nc(C3CCCCS3(=O)=O)cn2c1. The fraction of sp³-hybridized carbons (Fsp3) is 0.385. The number of nitrogens with zero attached hydrogens (tertiary/aromatic N) is 2. The van der Waals surface area contributed by atoms with Gasteiger partial charge in [-0.2, -0.15) is 0 Å². The zero-order valence-corrected chi connectivity index (χ0v) is 11.1. The van der Waals surface area contributed by atoms with E-state index in [9.17, 15) is 13.2 Å². The number of sulfone groups is 1. The van der Waals surface area contributed by atoms with Crippen LogP contribution in [0.1, 0.15) is 40.6 Å². The summed E-state index contributed by atoms with van der Waals surface area (Å²) in [4.78, 5) is 15.1. The normalized spacial score (nSPS) is 22.4. The average Bonchev–Trinajstić information content (AvgIpc) is 2.80. The summed E-state index contributed by atoms with van der Waals surface area (Å²) >= 11 is 0. The molecule has 0 radical (unpaired) electrons. The number of aldehydes is 1. The maximum atomic E-state index is 12.1. The van der Waals surface area contributed by atoms with Crippen molar-refractivity contribution in [3.63, 3.8) is 0 Å². The maximum absolute atomic E-state index is 12.1. The Kier molecular flexibility index (Phi) is 2.89. The molecule has 0 spiro atoms. The van der Waals surface area contributed by atoms with Crippen molar-refractivity contribution in [2.24, 2.45) is 0 Å². The van der Waals surface area contributed by atoms with Crippen LogP contribution in [0.4, 0.5) is 0 Å². The quantitative estimate of drug-likeness (QED) is 0.785. The van der Waals surface area contributed by atoms with Crippen molar-refractivity contribution in [3.8, 4) is 0 Å². The lowest BCUT2D eigenvalue weighted by Gasteiger charge is -2.20. The minimum atomic E-state index is -3.09. The molecule has 0 aliphatic carbocycles. The molecule has 1 fully saturated rings. The van der Waals surface area contributed by atoms with Gasteiger partial charge in [-0.15, -0.1) is 0 Å². The number of carbonyl (C=O) groups excluding carboxylic acids is 1. The Balaban J connectivity index is 2.07. The van der Waals surface area contributed by atoms with Gasteiger partial charge in [-0.1, -0.05) is 6.42 Å². The third-order valence-electron chi connectivity index (χ3n) is 3.54. The standard InChI is InChI=1S/C13H14N2O3S/c16-9-10-4-5-13-14-11(8-15(13)7-10)12-3-1-2-6-19(12,17)18/h4-5,7-9,12H,1-3,6H2. The number of rotatable bonds is 2. The number of pyridine rings is 1.